The highest BCUT2D eigenvalue weighted by molar-refractivity contribution is 7.90. The van der Waals surface area contributed by atoms with E-state index in [2.05, 4.69) is 4.98 Å². The minimum absolute atomic E-state index is 0.0386. The van der Waals surface area contributed by atoms with Gasteiger partial charge in [-0.2, -0.15) is 5.26 Å². The summed E-state index contributed by atoms with van der Waals surface area (Å²) >= 11 is 1.27. The number of hydrogen-bond donors (Lipinski definition) is 0. The van der Waals surface area contributed by atoms with Crippen LogP contribution < -0.4 is 0 Å². The third kappa shape index (κ3) is 3.53. The summed E-state index contributed by atoms with van der Waals surface area (Å²) < 4.78 is 21.7. The SMILES string of the molecule is CS(=O)(=O)Cc1ncc(CC#N)s1. The molecule has 1 aromatic heterocycles. The lowest BCUT2D eigenvalue weighted by Gasteiger charge is -1.90. The first kappa shape index (κ1) is 10.2. The van der Waals surface area contributed by atoms with Crippen LogP contribution in [0.4, 0.5) is 0 Å². The third-order valence-corrected chi connectivity index (χ3v) is 3.22. The first-order valence-electron chi connectivity index (χ1n) is 3.49. The van der Waals surface area contributed by atoms with E-state index in [0.717, 1.165) is 4.88 Å². The van der Waals surface area contributed by atoms with Gasteiger partial charge in [-0.3, -0.25) is 0 Å². The van der Waals surface area contributed by atoms with E-state index in [-0.39, 0.29) is 5.75 Å². The Morgan fingerprint density at radius 2 is 2.38 bits per heavy atom. The number of aromatic nitrogens is 1. The molecule has 0 saturated heterocycles. The fourth-order valence-electron chi connectivity index (χ4n) is 0.799. The summed E-state index contributed by atoms with van der Waals surface area (Å²) in [7, 11) is -3.01. The summed E-state index contributed by atoms with van der Waals surface area (Å²) in [5, 5.41) is 8.92. The van der Waals surface area contributed by atoms with Gasteiger partial charge in [0.15, 0.2) is 9.84 Å². The number of nitrogens with zero attached hydrogens (tertiary/aromatic N) is 2. The standard InChI is InChI=1S/C7H8N2O2S2/c1-13(10,11)5-7-9-4-6(12-7)2-3-8/h4H,2,5H2,1H3. The van der Waals surface area contributed by atoms with Gasteiger partial charge in [-0.1, -0.05) is 0 Å². The zero-order chi connectivity index (χ0) is 9.90. The second kappa shape index (κ2) is 3.85. The molecule has 1 aromatic rings. The first-order chi connectivity index (χ1) is 6.01. The van der Waals surface area contributed by atoms with Crippen LogP contribution in [0.1, 0.15) is 9.88 Å². The predicted octanol–water partition coefficient (Wildman–Crippen LogP) is 0.754. The number of rotatable bonds is 3. The lowest BCUT2D eigenvalue weighted by molar-refractivity contribution is 0.601. The minimum Gasteiger partial charge on any atom is -0.248 e. The molecule has 70 valence electrons. The maximum Gasteiger partial charge on any atom is 0.153 e. The van der Waals surface area contributed by atoms with Crippen LogP contribution in [0, 0.1) is 11.3 Å². The van der Waals surface area contributed by atoms with Gasteiger partial charge in [0.05, 0.1) is 12.5 Å². The van der Waals surface area contributed by atoms with Gasteiger partial charge in [0, 0.05) is 17.3 Å². The van der Waals surface area contributed by atoms with Crippen molar-refractivity contribution in [1.29, 1.82) is 5.26 Å². The minimum atomic E-state index is -3.01. The van der Waals surface area contributed by atoms with Gasteiger partial charge < -0.3 is 0 Å². The van der Waals surface area contributed by atoms with Gasteiger partial charge >= 0.3 is 0 Å². The van der Waals surface area contributed by atoms with Crippen LogP contribution in [0.3, 0.4) is 0 Å². The van der Waals surface area contributed by atoms with Crippen molar-refractivity contribution >= 4 is 21.2 Å². The molecule has 0 N–H and O–H groups in total. The van der Waals surface area contributed by atoms with Gasteiger partial charge in [-0.25, -0.2) is 13.4 Å². The Labute approximate surface area is 80.8 Å². The quantitative estimate of drug-likeness (QED) is 0.747. The molecule has 0 aliphatic rings. The number of nitriles is 1. The summed E-state index contributed by atoms with van der Waals surface area (Å²) in [6, 6.07) is 1.98. The Morgan fingerprint density at radius 3 is 2.92 bits per heavy atom. The molecule has 0 aliphatic carbocycles. The smallest absolute Gasteiger partial charge is 0.153 e. The second-order valence-corrected chi connectivity index (χ2v) is 5.97. The van der Waals surface area contributed by atoms with Gasteiger partial charge in [0.2, 0.25) is 0 Å². The van der Waals surface area contributed by atoms with Crippen LogP contribution in [0.25, 0.3) is 0 Å². The van der Waals surface area contributed by atoms with Crippen molar-refractivity contribution < 1.29 is 8.42 Å². The summed E-state index contributed by atoms with van der Waals surface area (Å²) in [5.41, 5.74) is 0. The van der Waals surface area contributed by atoms with E-state index >= 15 is 0 Å². The van der Waals surface area contributed by atoms with Gasteiger partial charge in [-0.05, 0) is 0 Å². The van der Waals surface area contributed by atoms with Crippen molar-refractivity contribution in [2.45, 2.75) is 12.2 Å². The molecule has 1 heterocycles. The van der Waals surface area contributed by atoms with Gasteiger partial charge in [-0.15, -0.1) is 11.3 Å². The van der Waals surface area contributed by atoms with Crippen molar-refractivity contribution in [3.63, 3.8) is 0 Å². The molecule has 0 saturated carbocycles. The Hall–Kier alpha value is -0.930. The molecule has 6 heteroatoms. The monoisotopic (exact) mass is 216 g/mol. The molecule has 0 aliphatic heterocycles. The Bertz CT molecular complexity index is 428. The van der Waals surface area contributed by atoms with E-state index in [1.54, 1.807) is 6.20 Å². The third-order valence-electron chi connectivity index (χ3n) is 1.24. The highest BCUT2D eigenvalue weighted by Gasteiger charge is 2.08. The maximum atomic E-state index is 10.9. The van der Waals surface area contributed by atoms with Crippen LogP contribution in [-0.2, 0) is 22.0 Å². The van der Waals surface area contributed by atoms with E-state index < -0.39 is 9.84 Å². The fourth-order valence-corrected chi connectivity index (χ4v) is 2.85. The molecule has 0 radical (unpaired) electrons. The fraction of sp³-hybridized carbons (Fsp3) is 0.429. The molecule has 0 fully saturated rings. The molecule has 0 aromatic carbocycles. The summed E-state index contributed by atoms with van der Waals surface area (Å²) in [5.74, 6) is -0.0386. The molecular formula is C7H8N2O2S2. The van der Waals surface area contributed by atoms with Crippen LogP contribution in [0.5, 0.6) is 0 Å². The van der Waals surface area contributed by atoms with E-state index in [4.69, 9.17) is 5.26 Å². The predicted molar refractivity (Wildman–Crippen MR) is 50.0 cm³/mol. The van der Waals surface area contributed by atoms with Crippen molar-refractivity contribution in [2.75, 3.05) is 6.26 Å². The molecule has 0 amide bonds. The second-order valence-electron chi connectivity index (χ2n) is 2.63. The Balaban J connectivity index is 2.76. The summed E-state index contributed by atoms with van der Waals surface area (Å²) in [6.07, 6.45) is 3.01. The average Bonchev–Trinajstić information content (AvgIpc) is 2.33. The maximum absolute atomic E-state index is 10.9. The molecule has 0 spiro atoms. The van der Waals surface area contributed by atoms with E-state index in [9.17, 15) is 8.42 Å². The summed E-state index contributed by atoms with van der Waals surface area (Å²) in [4.78, 5) is 4.72. The van der Waals surface area contributed by atoms with Gasteiger partial charge in [0.1, 0.15) is 10.8 Å². The van der Waals surface area contributed by atoms with Crippen LogP contribution >= 0.6 is 11.3 Å². The van der Waals surface area contributed by atoms with E-state index in [1.807, 2.05) is 6.07 Å². The summed E-state index contributed by atoms with van der Waals surface area (Å²) in [6.45, 7) is 0. The molecule has 0 bridgehead atoms. The van der Waals surface area contributed by atoms with Crippen LogP contribution in [0.2, 0.25) is 0 Å². The largest absolute Gasteiger partial charge is 0.248 e. The molecule has 4 nitrogen and oxygen atoms in total. The first-order valence-corrected chi connectivity index (χ1v) is 6.37. The highest BCUT2D eigenvalue weighted by Crippen LogP contribution is 2.15. The Kier molecular flexibility index (Phi) is 3.01. The van der Waals surface area contributed by atoms with Crippen molar-refractivity contribution in [1.82, 2.24) is 4.98 Å². The highest BCUT2D eigenvalue weighted by atomic mass is 32.2. The normalized spacial score (nSPS) is 11.1. The van der Waals surface area contributed by atoms with E-state index in [1.165, 1.54) is 17.6 Å². The van der Waals surface area contributed by atoms with E-state index in [0.29, 0.717) is 11.4 Å². The Morgan fingerprint density at radius 1 is 1.69 bits per heavy atom. The lowest BCUT2D eigenvalue weighted by atomic mass is 10.4. The van der Waals surface area contributed by atoms with Crippen LogP contribution in [-0.4, -0.2) is 19.7 Å². The molecule has 0 atom stereocenters. The topological polar surface area (TPSA) is 70.8 Å². The molecule has 13 heavy (non-hydrogen) atoms. The number of hydrogen-bond acceptors (Lipinski definition) is 5. The molecular weight excluding hydrogens is 208 g/mol. The lowest BCUT2D eigenvalue weighted by Crippen LogP contribution is -1.99. The molecule has 1 rings (SSSR count). The average molecular weight is 216 g/mol. The van der Waals surface area contributed by atoms with Crippen molar-refractivity contribution in [3.05, 3.63) is 16.1 Å². The van der Waals surface area contributed by atoms with Crippen LogP contribution in [0.15, 0.2) is 6.20 Å². The molecule has 0 unspecified atom stereocenters. The van der Waals surface area contributed by atoms with Gasteiger partial charge in [0.25, 0.3) is 0 Å². The number of sulfone groups is 1. The zero-order valence-electron chi connectivity index (χ0n) is 7.02. The van der Waals surface area contributed by atoms with Crippen molar-refractivity contribution in [3.8, 4) is 6.07 Å². The number of thiazole rings is 1. The van der Waals surface area contributed by atoms with Crippen molar-refractivity contribution in [2.24, 2.45) is 0 Å². The zero-order valence-corrected chi connectivity index (χ0v) is 8.65.